The molecular weight excluding hydrogens is 356 g/mol. The van der Waals surface area contributed by atoms with Crippen LogP contribution in [0.5, 0.6) is 23.0 Å². The first-order valence-corrected chi connectivity index (χ1v) is 5.93. The van der Waals surface area contributed by atoms with E-state index in [0.29, 0.717) is 11.1 Å². The third-order valence-electron chi connectivity index (χ3n) is 2.88. The van der Waals surface area contributed by atoms with Crippen LogP contribution in [-0.4, -0.2) is 30.6 Å². The predicted octanol–water partition coefficient (Wildman–Crippen LogP) is 2.80. The average molecular weight is 367 g/mol. The normalized spacial score (nSPS) is 10.2. The molecule has 2 aromatic carbocycles. The zero-order valence-corrected chi connectivity index (χ0v) is 12.7. The first kappa shape index (κ1) is 15.6. The Balaban J connectivity index is 0.00000176. The summed E-state index contributed by atoms with van der Waals surface area (Å²) in [6, 6.07) is 8.26. The van der Waals surface area contributed by atoms with Crippen molar-refractivity contribution in [1.29, 1.82) is 0 Å². The lowest BCUT2D eigenvalue weighted by molar-refractivity contribution is 0.402. The van der Waals surface area contributed by atoms with E-state index in [2.05, 4.69) is 10.1 Å². The second-order valence-corrected chi connectivity index (χ2v) is 4.33. The Morgan fingerprint density at radius 2 is 1.27 bits per heavy atom. The van der Waals surface area contributed by atoms with Gasteiger partial charge in [-0.2, -0.15) is 4.98 Å². The third kappa shape index (κ3) is 2.82. The van der Waals surface area contributed by atoms with E-state index < -0.39 is 0 Å². The lowest BCUT2D eigenvalue weighted by atomic mass is 10.2. The van der Waals surface area contributed by atoms with Crippen LogP contribution < -0.4 is 0 Å². The van der Waals surface area contributed by atoms with E-state index in [4.69, 9.17) is 4.52 Å². The van der Waals surface area contributed by atoms with Crippen molar-refractivity contribution >= 4 is 17.0 Å². The van der Waals surface area contributed by atoms with Crippen molar-refractivity contribution in [3.05, 3.63) is 36.4 Å². The van der Waals surface area contributed by atoms with E-state index in [1.54, 1.807) is 0 Å². The maximum absolute atomic E-state index is 9.46. The SMILES string of the molecule is Br.Oc1ccc(-c2noc(-c3ccc(O)c(O)c3)n2)cc1O. The van der Waals surface area contributed by atoms with Gasteiger partial charge in [0.25, 0.3) is 5.89 Å². The van der Waals surface area contributed by atoms with Crippen molar-refractivity contribution in [2.24, 2.45) is 0 Å². The summed E-state index contributed by atoms with van der Waals surface area (Å²) in [6.07, 6.45) is 0. The van der Waals surface area contributed by atoms with Crippen LogP contribution in [0.2, 0.25) is 0 Å². The molecule has 0 aliphatic rings. The number of rotatable bonds is 2. The summed E-state index contributed by atoms with van der Waals surface area (Å²) in [7, 11) is 0. The van der Waals surface area contributed by atoms with Gasteiger partial charge in [0.1, 0.15) is 0 Å². The minimum atomic E-state index is -0.297. The number of aromatic hydroxyl groups is 4. The molecule has 3 rings (SSSR count). The number of hydrogen-bond donors (Lipinski definition) is 4. The maximum atomic E-state index is 9.46. The fourth-order valence-corrected chi connectivity index (χ4v) is 1.78. The van der Waals surface area contributed by atoms with Crippen LogP contribution in [0.15, 0.2) is 40.9 Å². The van der Waals surface area contributed by atoms with Gasteiger partial charge in [0, 0.05) is 11.1 Å². The highest BCUT2D eigenvalue weighted by atomic mass is 79.9. The highest BCUT2D eigenvalue weighted by Gasteiger charge is 2.13. The molecule has 0 atom stereocenters. The number of halogens is 1. The molecule has 0 aliphatic heterocycles. The van der Waals surface area contributed by atoms with E-state index in [0.717, 1.165) is 0 Å². The number of aromatic nitrogens is 2. The minimum Gasteiger partial charge on any atom is -0.504 e. The Morgan fingerprint density at radius 1 is 0.727 bits per heavy atom. The zero-order chi connectivity index (χ0) is 15.0. The Morgan fingerprint density at radius 3 is 1.86 bits per heavy atom. The molecule has 0 radical (unpaired) electrons. The van der Waals surface area contributed by atoms with Crippen LogP contribution in [0, 0.1) is 0 Å². The van der Waals surface area contributed by atoms with Gasteiger partial charge >= 0.3 is 0 Å². The summed E-state index contributed by atoms with van der Waals surface area (Å²) >= 11 is 0. The zero-order valence-electron chi connectivity index (χ0n) is 11.0. The summed E-state index contributed by atoms with van der Waals surface area (Å²) in [5.74, 6) is -0.718. The number of phenols is 4. The van der Waals surface area contributed by atoms with Crippen LogP contribution in [0.1, 0.15) is 0 Å². The molecule has 4 N–H and O–H groups in total. The second kappa shape index (κ2) is 5.94. The molecule has 1 heterocycles. The maximum Gasteiger partial charge on any atom is 0.258 e. The molecule has 0 unspecified atom stereocenters. The molecule has 0 aliphatic carbocycles. The summed E-state index contributed by atoms with van der Waals surface area (Å²) in [4.78, 5) is 4.13. The van der Waals surface area contributed by atoms with Crippen molar-refractivity contribution in [2.75, 3.05) is 0 Å². The molecule has 114 valence electrons. The smallest absolute Gasteiger partial charge is 0.258 e. The highest BCUT2D eigenvalue weighted by molar-refractivity contribution is 8.93. The molecule has 7 nitrogen and oxygen atoms in total. The van der Waals surface area contributed by atoms with Crippen molar-refractivity contribution in [2.45, 2.75) is 0 Å². The summed E-state index contributed by atoms with van der Waals surface area (Å²) < 4.78 is 5.07. The molecule has 0 saturated carbocycles. The third-order valence-corrected chi connectivity index (χ3v) is 2.88. The van der Waals surface area contributed by atoms with Crippen molar-refractivity contribution in [3.63, 3.8) is 0 Å². The molecule has 0 spiro atoms. The molecule has 0 saturated heterocycles. The van der Waals surface area contributed by atoms with Crippen LogP contribution in [0.25, 0.3) is 22.8 Å². The molecule has 0 fully saturated rings. The highest BCUT2D eigenvalue weighted by Crippen LogP contribution is 2.32. The van der Waals surface area contributed by atoms with Gasteiger partial charge in [0.05, 0.1) is 0 Å². The Hall–Kier alpha value is -2.74. The average Bonchev–Trinajstić information content (AvgIpc) is 2.94. The van der Waals surface area contributed by atoms with Crippen molar-refractivity contribution in [1.82, 2.24) is 10.1 Å². The van der Waals surface area contributed by atoms with Gasteiger partial charge in [-0.1, -0.05) is 5.16 Å². The van der Waals surface area contributed by atoms with Gasteiger partial charge in [0.15, 0.2) is 23.0 Å². The van der Waals surface area contributed by atoms with Crippen LogP contribution in [0.3, 0.4) is 0 Å². The Bertz CT molecular complexity index is 753. The van der Waals surface area contributed by atoms with Crippen molar-refractivity contribution in [3.8, 4) is 45.8 Å². The van der Waals surface area contributed by atoms with E-state index in [1.807, 2.05) is 0 Å². The first-order chi connectivity index (χ1) is 10.0. The van der Waals surface area contributed by atoms with E-state index in [1.165, 1.54) is 36.4 Å². The molecule has 1 aromatic heterocycles. The fourth-order valence-electron chi connectivity index (χ4n) is 1.78. The first-order valence-electron chi connectivity index (χ1n) is 5.93. The van der Waals surface area contributed by atoms with Crippen LogP contribution in [-0.2, 0) is 0 Å². The molecule has 8 heteroatoms. The fraction of sp³-hybridized carbons (Fsp3) is 0. The standard InChI is InChI=1S/C14H10N2O5.BrH/c17-9-3-1-7(5-11(9)19)13-15-14(21-16-13)8-2-4-10(18)12(20)6-8;/h1-6,17-20H;1H. The lowest BCUT2D eigenvalue weighted by Gasteiger charge is -1.99. The topological polar surface area (TPSA) is 120 Å². The van der Waals surface area contributed by atoms with Gasteiger partial charge in [-0.05, 0) is 36.4 Å². The summed E-state index contributed by atoms with van der Waals surface area (Å²) in [5.41, 5.74) is 0.898. The van der Waals surface area contributed by atoms with E-state index in [-0.39, 0.29) is 51.7 Å². The number of nitrogens with zero attached hydrogens (tertiary/aromatic N) is 2. The quantitative estimate of drug-likeness (QED) is 0.514. The van der Waals surface area contributed by atoms with Gasteiger partial charge in [-0.25, -0.2) is 0 Å². The second-order valence-electron chi connectivity index (χ2n) is 4.33. The van der Waals surface area contributed by atoms with Gasteiger partial charge in [-0.3, -0.25) is 0 Å². The number of hydrogen-bond acceptors (Lipinski definition) is 7. The predicted molar refractivity (Wildman–Crippen MR) is 82.2 cm³/mol. The van der Waals surface area contributed by atoms with Gasteiger partial charge in [-0.15, -0.1) is 17.0 Å². The molecule has 0 amide bonds. The van der Waals surface area contributed by atoms with Crippen molar-refractivity contribution < 1.29 is 24.9 Å². The molecule has 0 bridgehead atoms. The number of phenolic OH excluding ortho intramolecular Hbond substituents is 4. The van der Waals surface area contributed by atoms with E-state index in [9.17, 15) is 20.4 Å². The Labute approximate surface area is 134 Å². The monoisotopic (exact) mass is 366 g/mol. The molecule has 3 aromatic rings. The van der Waals surface area contributed by atoms with E-state index >= 15 is 0 Å². The molecule has 22 heavy (non-hydrogen) atoms. The minimum absolute atomic E-state index is 0. The summed E-state index contributed by atoms with van der Waals surface area (Å²) in [6.45, 7) is 0. The van der Waals surface area contributed by atoms with Crippen LogP contribution >= 0.6 is 17.0 Å². The van der Waals surface area contributed by atoms with Gasteiger partial charge in [0.2, 0.25) is 5.82 Å². The van der Waals surface area contributed by atoms with Crippen LogP contribution in [0.4, 0.5) is 0 Å². The number of benzene rings is 2. The van der Waals surface area contributed by atoms with Gasteiger partial charge < -0.3 is 24.9 Å². The largest absolute Gasteiger partial charge is 0.504 e. The Kier molecular flexibility index (Phi) is 4.22. The lowest BCUT2D eigenvalue weighted by Crippen LogP contribution is -1.82. The summed E-state index contributed by atoms with van der Waals surface area (Å²) in [5, 5.41) is 41.2. The molecular formula is C14H11BrN2O5.